The maximum absolute atomic E-state index is 10.9. The number of aromatic nitrogens is 2. The standard InChI is InChI=1S/C16H21N3O2/c1-2-3-5-10-13(19-16(20)21)15-17-11-14(18-15)12-8-6-4-7-9-12/h4,6-9,11,13,19H,2-3,5,10H2,1H3,(H,17,18)(H,20,21)/t13-/m1/s1. The lowest BCUT2D eigenvalue weighted by Crippen LogP contribution is -2.27. The third-order valence-corrected chi connectivity index (χ3v) is 3.39. The molecule has 1 aromatic heterocycles. The largest absolute Gasteiger partial charge is 0.465 e. The monoisotopic (exact) mass is 287 g/mol. The Bertz CT molecular complexity index is 566. The Hall–Kier alpha value is -2.30. The first-order valence-corrected chi connectivity index (χ1v) is 7.31. The average Bonchev–Trinajstić information content (AvgIpc) is 2.97. The predicted octanol–water partition coefficient (Wildman–Crippen LogP) is 3.97. The van der Waals surface area contributed by atoms with E-state index in [0.717, 1.165) is 36.9 Å². The molecule has 0 radical (unpaired) electrons. The second-order valence-corrected chi connectivity index (χ2v) is 5.03. The number of benzene rings is 1. The summed E-state index contributed by atoms with van der Waals surface area (Å²) in [6.45, 7) is 2.13. The SMILES string of the molecule is CCCCC[C@@H](NC(=O)O)c1nc(-c2ccccc2)c[nH]1. The van der Waals surface area contributed by atoms with Crippen LogP contribution in [0.15, 0.2) is 36.5 Å². The molecule has 1 heterocycles. The number of nitrogens with one attached hydrogen (secondary N) is 2. The van der Waals surface area contributed by atoms with E-state index < -0.39 is 6.09 Å². The van der Waals surface area contributed by atoms with Crippen molar-refractivity contribution in [2.24, 2.45) is 0 Å². The van der Waals surface area contributed by atoms with Gasteiger partial charge in [-0.25, -0.2) is 9.78 Å². The first-order valence-electron chi connectivity index (χ1n) is 7.31. The van der Waals surface area contributed by atoms with Gasteiger partial charge in [0.25, 0.3) is 0 Å². The number of amides is 1. The molecule has 2 aromatic rings. The van der Waals surface area contributed by atoms with E-state index in [4.69, 9.17) is 5.11 Å². The number of unbranched alkanes of at least 4 members (excludes halogenated alkanes) is 2. The van der Waals surface area contributed by atoms with Gasteiger partial charge in [-0.1, -0.05) is 56.5 Å². The molecule has 0 aliphatic rings. The fourth-order valence-corrected chi connectivity index (χ4v) is 2.30. The van der Waals surface area contributed by atoms with Crippen molar-refractivity contribution in [3.05, 3.63) is 42.4 Å². The fourth-order valence-electron chi connectivity index (χ4n) is 2.30. The maximum atomic E-state index is 10.9. The molecule has 0 aliphatic heterocycles. The van der Waals surface area contributed by atoms with Gasteiger partial charge < -0.3 is 15.4 Å². The highest BCUT2D eigenvalue weighted by Gasteiger charge is 2.17. The molecule has 0 unspecified atom stereocenters. The molecule has 112 valence electrons. The highest BCUT2D eigenvalue weighted by molar-refractivity contribution is 5.65. The van der Waals surface area contributed by atoms with E-state index in [1.165, 1.54) is 0 Å². The van der Waals surface area contributed by atoms with Crippen LogP contribution >= 0.6 is 0 Å². The van der Waals surface area contributed by atoms with Crippen molar-refractivity contribution in [3.8, 4) is 11.3 Å². The number of nitrogens with zero attached hydrogens (tertiary/aromatic N) is 1. The van der Waals surface area contributed by atoms with Crippen LogP contribution in [-0.2, 0) is 0 Å². The van der Waals surface area contributed by atoms with E-state index in [1.54, 1.807) is 0 Å². The van der Waals surface area contributed by atoms with Crippen molar-refractivity contribution in [3.63, 3.8) is 0 Å². The second kappa shape index (κ2) is 7.47. The molecule has 0 bridgehead atoms. The van der Waals surface area contributed by atoms with Crippen molar-refractivity contribution in [1.29, 1.82) is 0 Å². The predicted molar refractivity (Wildman–Crippen MR) is 82.1 cm³/mol. The van der Waals surface area contributed by atoms with Gasteiger partial charge in [-0.3, -0.25) is 0 Å². The summed E-state index contributed by atoms with van der Waals surface area (Å²) in [6.07, 6.45) is 4.72. The number of rotatable bonds is 7. The molecule has 0 spiro atoms. The Morgan fingerprint density at radius 1 is 1.33 bits per heavy atom. The van der Waals surface area contributed by atoms with E-state index in [-0.39, 0.29) is 6.04 Å². The highest BCUT2D eigenvalue weighted by Crippen LogP contribution is 2.22. The molecule has 0 saturated carbocycles. The zero-order chi connectivity index (χ0) is 15.1. The lowest BCUT2D eigenvalue weighted by atomic mass is 10.1. The van der Waals surface area contributed by atoms with Gasteiger partial charge in [0, 0.05) is 11.8 Å². The van der Waals surface area contributed by atoms with Crippen LogP contribution in [0.3, 0.4) is 0 Å². The second-order valence-electron chi connectivity index (χ2n) is 5.03. The first kappa shape index (κ1) is 15.1. The van der Waals surface area contributed by atoms with E-state index in [0.29, 0.717) is 5.82 Å². The summed E-state index contributed by atoms with van der Waals surface area (Å²) >= 11 is 0. The molecule has 5 nitrogen and oxygen atoms in total. The molecule has 0 fully saturated rings. The number of imidazole rings is 1. The lowest BCUT2D eigenvalue weighted by molar-refractivity contribution is 0.188. The third-order valence-electron chi connectivity index (χ3n) is 3.39. The minimum Gasteiger partial charge on any atom is -0.465 e. The van der Waals surface area contributed by atoms with Crippen LogP contribution in [0.2, 0.25) is 0 Å². The summed E-state index contributed by atoms with van der Waals surface area (Å²) in [7, 11) is 0. The summed E-state index contributed by atoms with van der Waals surface area (Å²) in [4.78, 5) is 18.6. The van der Waals surface area contributed by atoms with Crippen LogP contribution in [0.1, 0.15) is 44.5 Å². The van der Waals surface area contributed by atoms with Gasteiger partial charge in [-0.2, -0.15) is 0 Å². The fraction of sp³-hybridized carbons (Fsp3) is 0.375. The molecule has 2 rings (SSSR count). The number of hydrogen-bond acceptors (Lipinski definition) is 2. The van der Waals surface area contributed by atoms with Crippen LogP contribution < -0.4 is 5.32 Å². The van der Waals surface area contributed by atoms with Crippen molar-refractivity contribution in [2.45, 2.75) is 38.6 Å². The van der Waals surface area contributed by atoms with E-state index >= 15 is 0 Å². The van der Waals surface area contributed by atoms with Gasteiger partial charge in [-0.05, 0) is 6.42 Å². The maximum Gasteiger partial charge on any atom is 0.405 e. The highest BCUT2D eigenvalue weighted by atomic mass is 16.4. The third kappa shape index (κ3) is 4.34. The number of aromatic amines is 1. The molecule has 1 amide bonds. The van der Waals surface area contributed by atoms with Gasteiger partial charge in [-0.15, -0.1) is 0 Å². The molecule has 0 saturated heterocycles. The number of carbonyl (C=O) groups is 1. The Labute approximate surface area is 124 Å². The van der Waals surface area contributed by atoms with Gasteiger partial charge in [0.2, 0.25) is 0 Å². The van der Waals surface area contributed by atoms with Crippen molar-refractivity contribution >= 4 is 6.09 Å². The first-order chi connectivity index (χ1) is 10.2. The van der Waals surface area contributed by atoms with E-state index in [9.17, 15) is 4.79 Å². The molecule has 3 N–H and O–H groups in total. The van der Waals surface area contributed by atoms with Crippen LogP contribution in [0, 0.1) is 0 Å². The minimum atomic E-state index is -1.02. The molecule has 0 aliphatic carbocycles. The van der Waals surface area contributed by atoms with Gasteiger partial charge in [0.15, 0.2) is 0 Å². The van der Waals surface area contributed by atoms with Crippen LogP contribution in [0.25, 0.3) is 11.3 Å². The summed E-state index contributed by atoms with van der Waals surface area (Å²) in [5, 5.41) is 11.5. The summed E-state index contributed by atoms with van der Waals surface area (Å²) in [5.74, 6) is 0.673. The summed E-state index contributed by atoms with van der Waals surface area (Å²) in [6, 6.07) is 9.55. The van der Waals surface area contributed by atoms with Gasteiger partial charge in [0.1, 0.15) is 5.82 Å². The summed E-state index contributed by atoms with van der Waals surface area (Å²) < 4.78 is 0. The normalized spacial score (nSPS) is 12.0. The lowest BCUT2D eigenvalue weighted by Gasteiger charge is -2.14. The zero-order valence-electron chi connectivity index (χ0n) is 12.2. The smallest absolute Gasteiger partial charge is 0.405 e. The Kier molecular flexibility index (Phi) is 5.37. The van der Waals surface area contributed by atoms with E-state index in [2.05, 4.69) is 22.2 Å². The topological polar surface area (TPSA) is 78.0 Å². The minimum absolute atomic E-state index is 0.286. The molecular weight excluding hydrogens is 266 g/mol. The van der Waals surface area contributed by atoms with Crippen molar-refractivity contribution in [1.82, 2.24) is 15.3 Å². The number of H-pyrrole nitrogens is 1. The Morgan fingerprint density at radius 2 is 2.10 bits per heavy atom. The Balaban J connectivity index is 2.12. The Morgan fingerprint density at radius 3 is 2.76 bits per heavy atom. The van der Waals surface area contributed by atoms with Crippen LogP contribution in [0.5, 0.6) is 0 Å². The quantitative estimate of drug-likeness (QED) is 0.674. The van der Waals surface area contributed by atoms with Crippen molar-refractivity contribution in [2.75, 3.05) is 0 Å². The van der Waals surface area contributed by atoms with Crippen LogP contribution in [0.4, 0.5) is 4.79 Å². The summed E-state index contributed by atoms with van der Waals surface area (Å²) in [5.41, 5.74) is 1.85. The van der Waals surface area contributed by atoms with Gasteiger partial charge >= 0.3 is 6.09 Å². The van der Waals surface area contributed by atoms with Crippen molar-refractivity contribution < 1.29 is 9.90 Å². The molecule has 1 aromatic carbocycles. The molecule has 5 heteroatoms. The number of hydrogen-bond donors (Lipinski definition) is 3. The average molecular weight is 287 g/mol. The van der Waals surface area contributed by atoms with E-state index in [1.807, 2.05) is 36.5 Å². The zero-order valence-corrected chi connectivity index (χ0v) is 12.2. The molecule has 1 atom stereocenters. The molecular formula is C16H21N3O2. The van der Waals surface area contributed by atoms with Gasteiger partial charge in [0.05, 0.1) is 11.7 Å². The van der Waals surface area contributed by atoms with Crippen LogP contribution in [-0.4, -0.2) is 21.2 Å². The number of carboxylic acid groups (broad SMARTS) is 1. The molecule has 21 heavy (non-hydrogen) atoms.